The summed E-state index contributed by atoms with van der Waals surface area (Å²) in [4.78, 5) is 12.5. The summed E-state index contributed by atoms with van der Waals surface area (Å²) in [6.07, 6.45) is 2.20. The summed E-state index contributed by atoms with van der Waals surface area (Å²) in [5, 5.41) is 6.76. The Balaban J connectivity index is 1.56. The molecule has 1 amide bonds. The van der Waals surface area contributed by atoms with Crippen LogP contribution in [0.2, 0.25) is 0 Å². The Bertz CT molecular complexity index is 937. The molecule has 0 saturated heterocycles. The van der Waals surface area contributed by atoms with E-state index in [4.69, 9.17) is 9.26 Å². The van der Waals surface area contributed by atoms with Gasteiger partial charge in [0.15, 0.2) is 11.4 Å². The van der Waals surface area contributed by atoms with E-state index in [9.17, 15) is 4.79 Å². The van der Waals surface area contributed by atoms with Crippen LogP contribution in [0.15, 0.2) is 53.1 Å². The number of nitrogens with one attached hydrogen (secondary N) is 1. The van der Waals surface area contributed by atoms with Crippen molar-refractivity contribution in [2.45, 2.75) is 32.6 Å². The number of rotatable bonds is 5. The van der Waals surface area contributed by atoms with Gasteiger partial charge in [0.25, 0.3) is 5.91 Å². The Labute approximate surface area is 152 Å². The van der Waals surface area contributed by atoms with Gasteiger partial charge in [0.2, 0.25) is 0 Å². The quantitative estimate of drug-likeness (QED) is 0.687. The SMILES string of the molecule is Cc1cccc(C)c1Oc1ccccc1NC(=O)c1cc(C2CC2)on1. The van der Waals surface area contributed by atoms with E-state index in [1.807, 2.05) is 56.3 Å². The third-order valence-electron chi connectivity index (χ3n) is 4.50. The molecule has 1 N–H and O–H groups in total. The molecule has 3 aromatic rings. The van der Waals surface area contributed by atoms with E-state index in [-0.39, 0.29) is 11.6 Å². The lowest BCUT2D eigenvalue weighted by molar-refractivity contribution is 0.101. The second-order valence-electron chi connectivity index (χ2n) is 6.66. The fourth-order valence-corrected chi connectivity index (χ4v) is 2.87. The van der Waals surface area contributed by atoms with Crippen LogP contribution >= 0.6 is 0 Å². The molecule has 0 unspecified atom stereocenters. The predicted molar refractivity (Wildman–Crippen MR) is 98.9 cm³/mol. The number of hydrogen-bond acceptors (Lipinski definition) is 4. The molecular formula is C21H20N2O3. The highest BCUT2D eigenvalue weighted by Crippen LogP contribution is 2.40. The van der Waals surface area contributed by atoms with Crippen LogP contribution in [0.1, 0.15) is 46.1 Å². The van der Waals surface area contributed by atoms with E-state index in [2.05, 4.69) is 10.5 Å². The molecule has 0 atom stereocenters. The van der Waals surface area contributed by atoms with Gasteiger partial charge in [0.05, 0.1) is 5.69 Å². The van der Waals surface area contributed by atoms with Gasteiger partial charge >= 0.3 is 0 Å². The fraction of sp³-hybridized carbons (Fsp3) is 0.238. The molecule has 132 valence electrons. The molecule has 1 aliphatic rings. The highest BCUT2D eigenvalue weighted by Gasteiger charge is 2.29. The number of carbonyl (C=O) groups is 1. The van der Waals surface area contributed by atoms with Crippen molar-refractivity contribution >= 4 is 11.6 Å². The third-order valence-corrected chi connectivity index (χ3v) is 4.50. The molecule has 4 rings (SSSR count). The van der Waals surface area contributed by atoms with Crippen LogP contribution in [0.3, 0.4) is 0 Å². The number of aryl methyl sites for hydroxylation is 2. The van der Waals surface area contributed by atoms with Crippen molar-refractivity contribution in [2.75, 3.05) is 5.32 Å². The first-order valence-electron chi connectivity index (χ1n) is 8.73. The number of nitrogens with zero attached hydrogens (tertiary/aromatic N) is 1. The maximum atomic E-state index is 12.5. The first-order chi connectivity index (χ1) is 12.6. The lowest BCUT2D eigenvalue weighted by Gasteiger charge is -2.15. The van der Waals surface area contributed by atoms with E-state index < -0.39 is 0 Å². The second kappa shape index (κ2) is 6.67. The standard InChI is InChI=1S/C21H20N2O3/c1-13-6-5-7-14(2)20(13)25-18-9-4-3-8-16(18)22-21(24)17-12-19(26-23-17)15-10-11-15/h3-9,12,15H,10-11H2,1-2H3,(H,22,24). The highest BCUT2D eigenvalue weighted by molar-refractivity contribution is 6.03. The third kappa shape index (κ3) is 3.33. The normalized spacial score (nSPS) is 13.5. The molecular weight excluding hydrogens is 328 g/mol. The summed E-state index contributed by atoms with van der Waals surface area (Å²) in [6.45, 7) is 4.00. The number of para-hydroxylation sites is 3. The number of hydrogen-bond donors (Lipinski definition) is 1. The molecule has 1 fully saturated rings. The Morgan fingerprint density at radius 2 is 1.85 bits per heavy atom. The zero-order valence-corrected chi connectivity index (χ0v) is 14.8. The molecule has 0 bridgehead atoms. The van der Waals surface area contributed by atoms with E-state index in [0.717, 1.165) is 35.5 Å². The van der Waals surface area contributed by atoms with Crippen molar-refractivity contribution in [3.05, 3.63) is 71.1 Å². The average molecular weight is 348 g/mol. The number of amides is 1. The van der Waals surface area contributed by atoms with Gasteiger partial charge in [-0.1, -0.05) is 35.5 Å². The molecule has 1 heterocycles. The first-order valence-corrected chi connectivity index (χ1v) is 8.73. The van der Waals surface area contributed by atoms with Gasteiger partial charge < -0.3 is 14.6 Å². The van der Waals surface area contributed by atoms with Crippen LogP contribution in [0.4, 0.5) is 5.69 Å². The Morgan fingerprint density at radius 3 is 2.58 bits per heavy atom. The minimum absolute atomic E-state index is 0.286. The molecule has 1 aromatic heterocycles. The van der Waals surface area contributed by atoms with E-state index in [1.165, 1.54) is 0 Å². The van der Waals surface area contributed by atoms with Crippen LogP contribution in [0.5, 0.6) is 11.5 Å². The molecule has 26 heavy (non-hydrogen) atoms. The monoisotopic (exact) mass is 348 g/mol. The number of anilines is 1. The van der Waals surface area contributed by atoms with Crippen LogP contribution in [0, 0.1) is 13.8 Å². The number of benzene rings is 2. The molecule has 1 saturated carbocycles. The van der Waals surface area contributed by atoms with Crippen molar-refractivity contribution in [1.82, 2.24) is 5.16 Å². The lowest BCUT2D eigenvalue weighted by atomic mass is 10.1. The predicted octanol–water partition coefficient (Wildman–Crippen LogP) is 5.21. The van der Waals surface area contributed by atoms with E-state index in [1.54, 1.807) is 6.07 Å². The van der Waals surface area contributed by atoms with Crippen LogP contribution in [0.25, 0.3) is 0 Å². The van der Waals surface area contributed by atoms with Crippen molar-refractivity contribution in [3.63, 3.8) is 0 Å². The number of ether oxygens (including phenoxy) is 1. The maximum Gasteiger partial charge on any atom is 0.277 e. The summed E-state index contributed by atoms with van der Waals surface area (Å²) in [5.41, 5.74) is 2.96. The second-order valence-corrected chi connectivity index (χ2v) is 6.66. The molecule has 1 aliphatic carbocycles. The van der Waals surface area contributed by atoms with Crippen LogP contribution in [-0.2, 0) is 0 Å². The van der Waals surface area contributed by atoms with Crippen molar-refractivity contribution in [3.8, 4) is 11.5 Å². The number of aromatic nitrogens is 1. The summed E-state index contributed by atoms with van der Waals surface area (Å²) in [6, 6.07) is 15.1. The number of carbonyl (C=O) groups excluding carboxylic acids is 1. The lowest BCUT2D eigenvalue weighted by Crippen LogP contribution is -2.13. The largest absolute Gasteiger partial charge is 0.455 e. The summed E-state index contributed by atoms with van der Waals surface area (Å²) in [7, 11) is 0. The Kier molecular flexibility index (Phi) is 4.21. The van der Waals surface area contributed by atoms with E-state index in [0.29, 0.717) is 17.4 Å². The molecule has 5 nitrogen and oxygen atoms in total. The highest BCUT2D eigenvalue weighted by atomic mass is 16.5. The maximum absolute atomic E-state index is 12.5. The van der Waals surface area contributed by atoms with Gasteiger partial charge in [0.1, 0.15) is 11.5 Å². The van der Waals surface area contributed by atoms with Crippen LogP contribution < -0.4 is 10.1 Å². The first kappa shape index (κ1) is 16.4. The zero-order chi connectivity index (χ0) is 18.1. The Hall–Kier alpha value is -3.08. The van der Waals surface area contributed by atoms with Gasteiger partial charge in [-0.2, -0.15) is 0 Å². The van der Waals surface area contributed by atoms with Gasteiger partial charge in [0, 0.05) is 12.0 Å². The summed E-state index contributed by atoms with van der Waals surface area (Å²) < 4.78 is 11.4. The minimum atomic E-state index is -0.307. The van der Waals surface area contributed by atoms with E-state index >= 15 is 0 Å². The molecule has 0 aliphatic heterocycles. The van der Waals surface area contributed by atoms with Crippen molar-refractivity contribution < 1.29 is 14.1 Å². The molecule has 5 heteroatoms. The fourth-order valence-electron chi connectivity index (χ4n) is 2.87. The summed E-state index contributed by atoms with van der Waals surface area (Å²) in [5.74, 6) is 2.29. The topological polar surface area (TPSA) is 64.4 Å². The molecule has 0 spiro atoms. The average Bonchev–Trinajstić information content (AvgIpc) is 3.36. The van der Waals surface area contributed by atoms with Crippen LogP contribution in [-0.4, -0.2) is 11.1 Å². The van der Waals surface area contributed by atoms with Gasteiger partial charge in [-0.25, -0.2) is 0 Å². The van der Waals surface area contributed by atoms with Crippen molar-refractivity contribution in [2.24, 2.45) is 0 Å². The van der Waals surface area contributed by atoms with Gasteiger partial charge in [-0.3, -0.25) is 4.79 Å². The zero-order valence-electron chi connectivity index (χ0n) is 14.8. The van der Waals surface area contributed by atoms with Crippen molar-refractivity contribution in [1.29, 1.82) is 0 Å². The molecule has 2 aromatic carbocycles. The van der Waals surface area contributed by atoms with Gasteiger partial charge in [-0.15, -0.1) is 0 Å². The minimum Gasteiger partial charge on any atom is -0.455 e. The van der Waals surface area contributed by atoms with Gasteiger partial charge in [-0.05, 0) is 49.9 Å². The Morgan fingerprint density at radius 1 is 1.12 bits per heavy atom. The smallest absolute Gasteiger partial charge is 0.277 e. The molecule has 0 radical (unpaired) electrons. The summed E-state index contributed by atoms with van der Waals surface area (Å²) >= 11 is 0.